The molecule has 0 radical (unpaired) electrons. The Morgan fingerprint density at radius 3 is 3.12 bits per heavy atom. The summed E-state index contributed by atoms with van der Waals surface area (Å²) in [6.07, 6.45) is 3.08. The first-order valence-corrected chi connectivity index (χ1v) is 5.94. The molecule has 1 fully saturated rings. The van der Waals surface area contributed by atoms with E-state index in [4.69, 9.17) is 14.9 Å². The van der Waals surface area contributed by atoms with Crippen molar-refractivity contribution in [1.29, 1.82) is 0 Å². The maximum atomic E-state index is 5.84. The summed E-state index contributed by atoms with van der Waals surface area (Å²) in [7, 11) is 0. The molecule has 0 spiro atoms. The van der Waals surface area contributed by atoms with Gasteiger partial charge in [-0.3, -0.25) is 4.90 Å². The van der Waals surface area contributed by atoms with Crippen molar-refractivity contribution in [3.8, 4) is 0 Å². The van der Waals surface area contributed by atoms with Gasteiger partial charge in [-0.05, 0) is 18.6 Å². The average Bonchev–Trinajstić information content (AvgIpc) is 2.84. The number of furan rings is 1. The highest BCUT2D eigenvalue weighted by Crippen LogP contribution is 2.23. The van der Waals surface area contributed by atoms with Gasteiger partial charge in [-0.2, -0.15) is 0 Å². The van der Waals surface area contributed by atoms with E-state index < -0.39 is 0 Å². The number of rotatable bonds is 4. The Hall–Kier alpha value is -0.840. The number of hydrogen-bond donors (Lipinski definition) is 1. The lowest BCUT2D eigenvalue weighted by molar-refractivity contribution is -0.0463. The van der Waals surface area contributed by atoms with Crippen LogP contribution in [-0.2, 0) is 4.74 Å². The number of nitrogens with zero attached hydrogens (tertiary/aromatic N) is 1. The van der Waals surface area contributed by atoms with Crippen molar-refractivity contribution in [3.63, 3.8) is 0 Å². The van der Waals surface area contributed by atoms with E-state index in [2.05, 4.69) is 11.8 Å². The summed E-state index contributed by atoms with van der Waals surface area (Å²) in [6, 6.07) is 4.09. The summed E-state index contributed by atoms with van der Waals surface area (Å²) >= 11 is 0. The van der Waals surface area contributed by atoms with Crippen LogP contribution < -0.4 is 5.73 Å². The zero-order chi connectivity index (χ0) is 11.4. The van der Waals surface area contributed by atoms with E-state index in [1.165, 1.54) is 0 Å². The van der Waals surface area contributed by atoms with Gasteiger partial charge >= 0.3 is 0 Å². The summed E-state index contributed by atoms with van der Waals surface area (Å²) in [5, 5.41) is 0. The lowest BCUT2D eigenvalue weighted by Gasteiger charge is -2.36. The van der Waals surface area contributed by atoms with Crippen LogP contribution in [0.3, 0.4) is 0 Å². The van der Waals surface area contributed by atoms with E-state index in [0.717, 1.165) is 31.9 Å². The standard InChI is InChI=1S/C12H20N2O2/c1-2-10-9-14(5-7-15-10)11(8-13)12-4-3-6-16-12/h3-4,6,10-11H,2,5,7-9,13H2,1H3. The fourth-order valence-corrected chi connectivity index (χ4v) is 2.20. The van der Waals surface area contributed by atoms with Crippen molar-refractivity contribution in [2.24, 2.45) is 5.73 Å². The molecule has 4 nitrogen and oxygen atoms in total. The summed E-state index contributed by atoms with van der Waals surface area (Å²) in [6.45, 7) is 5.40. The van der Waals surface area contributed by atoms with Crippen molar-refractivity contribution in [3.05, 3.63) is 24.2 Å². The number of hydrogen-bond acceptors (Lipinski definition) is 4. The topological polar surface area (TPSA) is 51.6 Å². The number of ether oxygens (including phenoxy) is 1. The van der Waals surface area contributed by atoms with Gasteiger partial charge in [0.2, 0.25) is 0 Å². The molecule has 2 heterocycles. The molecule has 2 unspecified atom stereocenters. The third-order valence-electron chi connectivity index (χ3n) is 3.16. The lowest BCUT2D eigenvalue weighted by atomic mass is 10.1. The van der Waals surface area contributed by atoms with Crippen LogP contribution in [0.1, 0.15) is 25.1 Å². The SMILES string of the molecule is CCC1CN(C(CN)c2ccco2)CCO1. The highest BCUT2D eigenvalue weighted by Gasteiger charge is 2.27. The first kappa shape index (κ1) is 11.6. The van der Waals surface area contributed by atoms with Gasteiger partial charge in [-0.15, -0.1) is 0 Å². The van der Waals surface area contributed by atoms with E-state index in [1.807, 2.05) is 12.1 Å². The largest absolute Gasteiger partial charge is 0.468 e. The second-order valence-electron chi connectivity index (χ2n) is 4.16. The van der Waals surface area contributed by atoms with Gasteiger partial charge in [-0.1, -0.05) is 6.92 Å². The second kappa shape index (κ2) is 5.48. The third-order valence-corrected chi connectivity index (χ3v) is 3.16. The molecule has 1 saturated heterocycles. The first-order chi connectivity index (χ1) is 7.85. The van der Waals surface area contributed by atoms with E-state index in [9.17, 15) is 0 Å². The van der Waals surface area contributed by atoms with Crippen LogP contribution >= 0.6 is 0 Å². The van der Waals surface area contributed by atoms with Crippen molar-refractivity contribution in [1.82, 2.24) is 4.90 Å². The summed E-state index contributed by atoms with van der Waals surface area (Å²) in [5.41, 5.74) is 5.84. The molecule has 2 rings (SSSR count). The Kier molecular flexibility index (Phi) is 3.98. The minimum atomic E-state index is 0.188. The summed E-state index contributed by atoms with van der Waals surface area (Å²) in [5.74, 6) is 0.958. The Morgan fingerprint density at radius 2 is 2.50 bits per heavy atom. The molecule has 4 heteroatoms. The Balaban J connectivity index is 2.03. The van der Waals surface area contributed by atoms with Crippen LogP contribution in [0, 0.1) is 0 Å². The number of morpholine rings is 1. The van der Waals surface area contributed by atoms with Gasteiger partial charge in [0.15, 0.2) is 0 Å². The molecule has 16 heavy (non-hydrogen) atoms. The van der Waals surface area contributed by atoms with Crippen molar-refractivity contribution < 1.29 is 9.15 Å². The molecule has 1 aliphatic rings. The Bertz CT molecular complexity index is 300. The normalized spacial score (nSPS) is 24.5. The quantitative estimate of drug-likeness (QED) is 0.839. The minimum Gasteiger partial charge on any atom is -0.468 e. The summed E-state index contributed by atoms with van der Waals surface area (Å²) < 4.78 is 11.1. The Labute approximate surface area is 96.4 Å². The fourth-order valence-electron chi connectivity index (χ4n) is 2.20. The maximum Gasteiger partial charge on any atom is 0.122 e. The molecule has 0 aromatic carbocycles. The van der Waals surface area contributed by atoms with E-state index in [0.29, 0.717) is 12.6 Å². The molecular weight excluding hydrogens is 204 g/mol. The van der Waals surface area contributed by atoms with Crippen LogP contribution in [0.25, 0.3) is 0 Å². The van der Waals surface area contributed by atoms with Crippen molar-refractivity contribution in [2.45, 2.75) is 25.5 Å². The number of nitrogens with two attached hydrogens (primary N) is 1. The average molecular weight is 224 g/mol. The van der Waals surface area contributed by atoms with E-state index in [-0.39, 0.29) is 6.04 Å². The predicted octanol–water partition coefficient (Wildman–Crippen LogP) is 1.39. The van der Waals surface area contributed by atoms with E-state index in [1.54, 1.807) is 6.26 Å². The molecule has 0 saturated carbocycles. The van der Waals surface area contributed by atoms with Crippen LogP contribution in [-0.4, -0.2) is 37.2 Å². The van der Waals surface area contributed by atoms with Gasteiger partial charge < -0.3 is 14.9 Å². The molecule has 90 valence electrons. The molecule has 0 aliphatic carbocycles. The predicted molar refractivity (Wildman–Crippen MR) is 62.1 cm³/mol. The molecule has 1 aliphatic heterocycles. The monoisotopic (exact) mass is 224 g/mol. The molecule has 1 aromatic heterocycles. The van der Waals surface area contributed by atoms with Crippen LogP contribution in [0.4, 0.5) is 0 Å². The maximum absolute atomic E-state index is 5.84. The molecule has 0 amide bonds. The van der Waals surface area contributed by atoms with Crippen LogP contribution in [0.15, 0.2) is 22.8 Å². The second-order valence-corrected chi connectivity index (χ2v) is 4.16. The third kappa shape index (κ3) is 2.45. The molecular formula is C12H20N2O2. The van der Waals surface area contributed by atoms with Crippen molar-refractivity contribution >= 4 is 0 Å². The lowest BCUT2D eigenvalue weighted by Crippen LogP contribution is -2.45. The molecule has 1 aromatic rings. The van der Waals surface area contributed by atoms with Crippen molar-refractivity contribution in [2.75, 3.05) is 26.2 Å². The summed E-state index contributed by atoms with van der Waals surface area (Å²) in [4.78, 5) is 2.36. The minimum absolute atomic E-state index is 0.188. The first-order valence-electron chi connectivity index (χ1n) is 5.94. The Morgan fingerprint density at radius 1 is 1.62 bits per heavy atom. The molecule has 2 atom stereocenters. The van der Waals surface area contributed by atoms with Gasteiger partial charge in [0, 0.05) is 19.6 Å². The van der Waals surface area contributed by atoms with E-state index >= 15 is 0 Å². The van der Waals surface area contributed by atoms with Crippen LogP contribution in [0.2, 0.25) is 0 Å². The van der Waals surface area contributed by atoms with Gasteiger partial charge in [0.1, 0.15) is 5.76 Å². The fraction of sp³-hybridized carbons (Fsp3) is 0.667. The van der Waals surface area contributed by atoms with Gasteiger partial charge in [0.05, 0.1) is 25.0 Å². The van der Waals surface area contributed by atoms with Gasteiger partial charge in [0.25, 0.3) is 0 Å². The zero-order valence-corrected chi connectivity index (χ0v) is 9.76. The molecule has 2 N–H and O–H groups in total. The van der Waals surface area contributed by atoms with Gasteiger partial charge in [-0.25, -0.2) is 0 Å². The van der Waals surface area contributed by atoms with Crippen LogP contribution in [0.5, 0.6) is 0 Å². The molecule has 0 bridgehead atoms. The zero-order valence-electron chi connectivity index (χ0n) is 9.76. The smallest absolute Gasteiger partial charge is 0.122 e. The highest BCUT2D eigenvalue weighted by molar-refractivity contribution is 5.05. The highest BCUT2D eigenvalue weighted by atomic mass is 16.5.